The molecule has 0 aromatic heterocycles. The van der Waals surface area contributed by atoms with Crippen LogP contribution in [0.1, 0.15) is 60.8 Å². The highest BCUT2D eigenvalue weighted by atomic mass is 16.6. The standard InChI is InChI=1S/C16H28O2/c1-11(2)14(17)18-16(12(3)4)9-13(5)8-15(6,7)10-16/h12-13H,1,8-10H2,2-7H3. The van der Waals surface area contributed by atoms with Crippen LogP contribution in [0.15, 0.2) is 12.2 Å². The topological polar surface area (TPSA) is 26.3 Å². The Labute approximate surface area is 112 Å². The first-order valence-electron chi connectivity index (χ1n) is 6.97. The Bertz CT molecular complexity index is 341. The maximum absolute atomic E-state index is 11.9. The van der Waals surface area contributed by atoms with Crippen LogP contribution in [-0.4, -0.2) is 11.6 Å². The molecule has 0 N–H and O–H groups in total. The van der Waals surface area contributed by atoms with Crippen LogP contribution >= 0.6 is 0 Å². The third-order valence-electron chi connectivity index (χ3n) is 4.07. The largest absolute Gasteiger partial charge is 0.455 e. The number of esters is 1. The van der Waals surface area contributed by atoms with Crippen LogP contribution in [0.25, 0.3) is 0 Å². The van der Waals surface area contributed by atoms with Crippen molar-refractivity contribution in [2.75, 3.05) is 0 Å². The van der Waals surface area contributed by atoms with E-state index in [0.29, 0.717) is 17.4 Å². The molecule has 0 bridgehead atoms. The number of hydrogen-bond acceptors (Lipinski definition) is 2. The molecule has 2 heteroatoms. The summed E-state index contributed by atoms with van der Waals surface area (Å²) in [6, 6.07) is 0. The highest BCUT2D eigenvalue weighted by Gasteiger charge is 2.47. The van der Waals surface area contributed by atoms with Crippen molar-refractivity contribution in [2.45, 2.75) is 66.4 Å². The van der Waals surface area contributed by atoms with Gasteiger partial charge < -0.3 is 4.74 Å². The molecular weight excluding hydrogens is 224 g/mol. The second kappa shape index (κ2) is 5.07. The summed E-state index contributed by atoms with van der Waals surface area (Å²) in [7, 11) is 0. The smallest absolute Gasteiger partial charge is 0.333 e. The molecule has 0 heterocycles. The molecule has 0 radical (unpaired) electrons. The number of rotatable bonds is 3. The molecule has 1 saturated carbocycles. The molecule has 2 nitrogen and oxygen atoms in total. The minimum atomic E-state index is -0.322. The molecule has 2 unspecified atom stereocenters. The van der Waals surface area contributed by atoms with E-state index in [-0.39, 0.29) is 17.0 Å². The van der Waals surface area contributed by atoms with Crippen molar-refractivity contribution in [3.63, 3.8) is 0 Å². The van der Waals surface area contributed by atoms with E-state index in [9.17, 15) is 4.79 Å². The monoisotopic (exact) mass is 252 g/mol. The molecule has 104 valence electrons. The van der Waals surface area contributed by atoms with Gasteiger partial charge in [-0.25, -0.2) is 4.79 Å². The molecule has 1 rings (SSSR count). The van der Waals surface area contributed by atoms with Crippen molar-refractivity contribution in [3.05, 3.63) is 12.2 Å². The van der Waals surface area contributed by atoms with Crippen molar-refractivity contribution < 1.29 is 9.53 Å². The molecule has 0 aromatic rings. The van der Waals surface area contributed by atoms with Gasteiger partial charge in [-0.05, 0) is 43.4 Å². The van der Waals surface area contributed by atoms with Gasteiger partial charge in [-0.1, -0.05) is 41.2 Å². The molecular formula is C16H28O2. The molecule has 0 aromatic carbocycles. The fraction of sp³-hybridized carbons (Fsp3) is 0.812. The number of hydrogen-bond donors (Lipinski definition) is 0. The lowest BCUT2D eigenvalue weighted by molar-refractivity contribution is -0.174. The maximum atomic E-state index is 11.9. The van der Waals surface area contributed by atoms with Crippen molar-refractivity contribution in [3.8, 4) is 0 Å². The summed E-state index contributed by atoms with van der Waals surface area (Å²) in [6.45, 7) is 16.5. The predicted octanol–water partition coefficient (Wildman–Crippen LogP) is 4.35. The van der Waals surface area contributed by atoms with Gasteiger partial charge in [0.1, 0.15) is 5.60 Å². The van der Waals surface area contributed by atoms with Gasteiger partial charge in [0.05, 0.1) is 0 Å². The van der Waals surface area contributed by atoms with Gasteiger partial charge in [-0.2, -0.15) is 0 Å². The zero-order valence-corrected chi connectivity index (χ0v) is 12.8. The quantitative estimate of drug-likeness (QED) is 0.551. The van der Waals surface area contributed by atoms with Crippen LogP contribution in [0.5, 0.6) is 0 Å². The molecule has 1 aliphatic rings. The summed E-state index contributed by atoms with van der Waals surface area (Å²) in [4.78, 5) is 11.9. The van der Waals surface area contributed by atoms with Crippen LogP contribution in [0.3, 0.4) is 0 Å². The Morgan fingerprint density at radius 2 is 1.89 bits per heavy atom. The van der Waals surface area contributed by atoms with E-state index in [1.807, 2.05) is 0 Å². The van der Waals surface area contributed by atoms with Gasteiger partial charge in [-0.15, -0.1) is 0 Å². The van der Waals surface area contributed by atoms with Crippen molar-refractivity contribution >= 4 is 5.97 Å². The van der Waals surface area contributed by atoms with E-state index < -0.39 is 0 Å². The van der Waals surface area contributed by atoms with Crippen molar-refractivity contribution in [1.82, 2.24) is 0 Å². The normalized spacial score (nSPS) is 31.2. The molecule has 1 aliphatic carbocycles. The summed E-state index contributed by atoms with van der Waals surface area (Å²) in [5, 5.41) is 0. The SMILES string of the molecule is C=C(C)C(=O)OC1(C(C)C)CC(C)CC(C)(C)C1. The van der Waals surface area contributed by atoms with Crippen LogP contribution in [-0.2, 0) is 9.53 Å². The molecule has 2 atom stereocenters. The second-order valence-electron chi connectivity index (χ2n) is 7.24. The summed E-state index contributed by atoms with van der Waals surface area (Å²) < 4.78 is 5.87. The van der Waals surface area contributed by atoms with Gasteiger partial charge in [-0.3, -0.25) is 0 Å². The third-order valence-corrected chi connectivity index (χ3v) is 4.07. The van der Waals surface area contributed by atoms with Gasteiger partial charge in [0.25, 0.3) is 0 Å². The van der Waals surface area contributed by atoms with Crippen LogP contribution in [0.2, 0.25) is 0 Å². The predicted molar refractivity (Wildman–Crippen MR) is 75.3 cm³/mol. The van der Waals surface area contributed by atoms with Gasteiger partial charge >= 0.3 is 5.97 Å². The van der Waals surface area contributed by atoms with E-state index >= 15 is 0 Å². The molecule has 0 aliphatic heterocycles. The fourth-order valence-corrected chi connectivity index (χ4v) is 3.47. The Morgan fingerprint density at radius 3 is 2.28 bits per heavy atom. The average molecular weight is 252 g/mol. The lowest BCUT2D eigenvalue weighted by atomic mass is 9.62. The van der Waals surface area contributed by atoms with Gasteiger partial charge in [0, 0.05) is 5.57 Å². The van der Waals surface area contributed by atoms with Crippen LogP contribution in [0, 0.1) is 17.3 Å². The molecule has 1 fully saturated rings. The first-order valence-corrected chi connectivity index (χ1v) is 6.97. The summed E-state index contributed by atoms with van der Waals surface area (Å²) in [6.07, 6.45) is 3.11. The molecule has 0 amide bonds. The summed E-state index contributed by atoms with van der Waals surface area (Å²) in [5.41, 5.74) is 0.403. The number of carbonyl (C=O) groups is 1. The van der Waals surface area contributed by atoms with Crippen LogP contribution < -0.4 is 0 Å². The zero-order valence-electron chi connectivity index (χ0n) is 12.8. The number of carbonyl (C=O) groups excluding carboxylic acids is 1. The molecule has 18 heavy (non-hydrogen) atoms. The first-order chi connectivity index (χ1) is 8.08. The van der Waals surface area contributed by atoms with E-state index in [0.717, 1.165) is 12.8 Å². The van der Waals surface area contributed by atoms with E-state index in [4.69, 9.17) is 4.74 Å². The van der Waals surface area contributed by atoms with E-state index in [1.54, 1.807) is 6.92 Å². The third kappa shape index (κ3) is 3.37. The minimum absolute atomic E-state index is 0.233. The highest BCUT2D eigenvalue weighted by molar-refractivity contribution is 5.87. The van der Waals surface area contributed by atoms with E-state index in [2.05, 4.69) is 41.2 Å². The summed E-state index contributed by atoms with van der Waals surface area (Å²) >= 11 is 0. The Morgan fingerprint density at radius 1 is 1.33 bits per heavy atom. The lowest BCUT2D eigenvalue weighted by Gasteiger charge is -2.49. The van der Waals surface area contributed by atoms with Crippen molar-refractivity contribution in [1.29, 1.82) is 0 Å². The maximum Gasteiger partial charge on any atom is 0.333 e. The Hall–Kier alpha value is -0.790. The van der Waals surface area contributed by atoms with Gasteiger partial charge in [0.15, 0.2) is 0 Å². The fourth-order valence-electron chi connectivity index (χ4n) is 3.47. The lowest BCUT2D eigenvalue weighted by Crippen LogP contribution is -2.49. The van der Waals surface area contributed by atoms with E-state index in [1.165, 1.54) is 6.42 Å². The van der Waals surface area contributed by atoms with Crippen molar-refractivity contribution in [2.24, 2.45) is 17.3 Å². The second-order valence-corrected chi connectivity index (χ2v) is 7.24. The Kier molecular flexibility index (Phi) is 4.30. The zero-order chi connectivity index (χ0) is 14.1. The minimum Gasteiger partial charge on any atom is -0.455 e. The number of ether oxygens (including phenoxy) is 1. The first kappa shape index (κ1) is 15.3. The Balaban J connectivity index is 3.00. The molecule has 0 spiro atoms. The van der Waals surface area contributed by atoms with Crippen LogP contribution in [0.4, 0.5) is 0 Å². The van der Waals surface area contributed by atoms with Gasteiger partial charge in [0.2, 0.25) is 0 Å². The molecule has 0 saturated heterocycles. The summed E-state index contributed by atoms with van der Waals surface area (Å²) in [5.74, 6) is 0.686. The highest BCUT2D eigenvalue weighted by Crippen LogP contribution is 2.49. The average Bonchev–Trinajstić information content (AvgIpc) is 2.13.